The van der Waals surface area contributed by atoms with Gasteiger partial charge in [0.1, 0.15) is 4.83 Å². The van der Waals surface area contributed by atoms with E-state index in [0.29, 0.717) is 6.04 Å². The van der Waals surface area contributed by atoms with Crippen molar-refractivity contribution >= 4 is 21.6 Å². The second-order valence-corrected chi connectivity index (χ2v) is 8.60. The Morgan fingerprint density at radius 2 is 2.26 bits per heavy atom. The van der Waals surface area contributed by atoms with Crippen LogP contribution in [0.1, 0.15) is 47.9 Å². The number of nitrogens with one attached hydrogen (secondary N) is 1. The molecule has 3 aromatic heterocycles. The van der Waals surface area contributed by atoms with Crippen molar-refractivity contribution in [2.24, 2.45) is 7.05 Å². The van der Waals surface area contributed by atoms with Crippen LogP contribution in [0, 0.1) is 6.92 Å². The van der Waals surface area contributed by atoms with Crippen LogP contribution in [-0.2, 0) is 33.0 Å². The van der Waals surface area contributed by atoms with Gasteiger partial charge in [-0.2, -0.15) is 5.10 Å². The highest BCUT2D eigenvalue weighted by Gasteiger charge is 2.25. The third-order valence-electron chi connectivity index (χ3n) is 5.48. The smallest absolute Gasteiger partial charge is 0.262 e. The molecule has 27 heavy (non-hydrogen) atoms. The molecular formula is C20H27N5OS. The molecule has 3 aromatic rings. The summed E-state index contributed by atoms with van der Waals surface area (Å²) in [6, 6.07) is 0.437. The van der Waals surface area contributed by atoms with E-state index in [0.717, 1.165) is 61.1 Å². The number of hydrogen-bond acceptors (Lipinski definition) is 5. The second kappa shape index (κ2) is 7.56. The molecule has 7 heteroatoms. The SMILES string of the molecule is CCCCn1cnc2sc3c(c2c1=O)CCC(NCc1cn(C)nc1C)C3. The molecular weight excluding hydrogens is 358 g/mol. The average Bonchev–Trinajstić information content (AvgIpc) is 3.18. The van der Waals surface area contributed by atoms with Crippen LogP contribution in [0.3, 0.4) is 0 Å². The molecule has 6 nitrogen and oxygen atoms in total. The van der Waals surface area contributed by atoms with E-state index < -0.39 is 0 Å². The summed E-state index contributed by atoms with van der Waals surface area (Å²) in [5.41, 5.74) is 3.72. The van der Waals surface area contributed by atoms with Crippen molar-refractivity contribution in [1.29, 1.82) is 0 Å². The summed E-state index contributed by atoms with van der Waals surface area (Å²) >= 11 is 1.70. The first-order valence-electron chi connectivity index (χ1n) is 9.79. The summed E-state index contributed by atoms with van der Waals surface area (Å²) < 4.78 is 3.65. The first-order valence-corrected chi connectivity index (χ1v) is 10.6. The van der Waals surface area contributed by atoms with Gasteiger partial charge in [-0.15, -0.1) is 11.3 Å². The Morgan fingerprint density at radius 1 is 1.41 bits per heavy atom. The van der Waals surface area contributed by atoms with Crippen molar-refractivity contribution in [2.75, 3.05) is 0 Å². The highest BCUT2D eigenvalue weighted by Crippen LogP contribution is 2.33. The minimum atomic E-state index is 0.142. The number of nitrogens with zero attached hydrogens (tertiary/aromatic N) is 4. The topological polar surface area (TPSA) is 64.7 Å². The molecule has 1 aliphatic carbocycles. The van der Waals surface area contributed by atoms with Crippen LogP contribution in [0.2, 0.25) is 0 Å². The number of rotatable bonds is 6. The van der Waals surface area contributed by atoms with Gasteiger partial charge in [-0.25, -0.2) is 4.98 Å². The molecule has 0 radical (unpaired) electrons. The van der Waals surface area contributed by atoms with Crippen LogP contribution in [0.25, 0.3) is 10.2 Å². The van der Waals surface area contributed by atoms with Crippen molar-refractivity contribution in [3.63, 3.8) is 0 Å². The Bertz CT molecular complexity index is 1020. The maximum atomic E-state index is 12.9. The molecule has 0 aliphatic heterocycles. The lowest BCUT2D eigenvalue weighted by Crippen LogP contribution is -2.34. The maximum absolute atomic E-state index is 12.9. The van der Waals surface area contributed by atoms with E-state index in [1.807, 2.05) is 11.7 Å². The summed E-state index contributed by atoms with van der Waals surface area (Å²) in [5, 5.41) is 8.96. The molecule has 1 unspecified atom stereocenters. The summed E-state index contributed by atoms with van der Waals surface area (Å²) in [7, 11) is 1.96. The van der Waals surface area contributed by atoms with Crippen LogP contribution in [-0.4, -0.2) is 25.4 Å². The number of aromatic nitrogens is 4. The van der Waals surface area contributed by atoms with Crippen LogP contribution in [0.4, 0.5) is 0 Å². The molecule has 0 fully saturated rings. The molecule has 1 N–H and O–H groups in total. The largest absolute Gasteiger partial charge is 0.309 e. The number of aryl methyl sites for hydroxylation is 4. The molecule has 3 heterocycles. The molecule has 1 aliphatic rings. The lowest BCUT2D eigenvalue weighted by atomic mass is 9.93. The third-order valence-corrected chi connectivity index (χ3v) is 6.65. The molecule has 0 spiro atoms. The van der Waals surface area contributed by atoms with Gasteiger partial charge >= 0.3 is 0 Å². The number of thiophene rings is 1. The molecule has 0 saturated heterocycles. The fraction of sp³-hybridized carbons (Fsp3) is 0.550. The zero-order chi connectivity index (χ0) is 19.0. The van der Waals surface area contributed by atoms with Gasteiger partial charge in [-0.05, 0) is 38.2 Å². The highest BCUT2D eigenvalue weighted by molar-refractivity contribution is 7.18. The summed E-state index contributed by atoms with van der Waals surface area (Å²) in [5.74, 6) is 0. The summed E-state index contributed by atoms with van der Waals surface area (Å²) in [6.45, 7) is 5.80. The Kier molecular flexibility index (Phi) is 5.14. The second-order valence-electron chi connectivity index (χ2n) is 7.51. The predicted octanol–water partition coefficient (Wildman–Crippen LogP) is 2.95. The number of hydrogen-bond donors (Lipinski definition) is 1. The van der Waals surface area contributed by atoms with Gasteiger partial charge in [0.2, 0.25) is 0 Å². The fourth-order valence-corrected chi connectivity index (χ4v) is 5.20. The van der Waals surface area contributed by atoms with E-state index in [-0.39, 0.29) is 5.56 Å². The van der Waals surface area contributed by atoms with Gasteiger partial charge in [0.05, 0.1) is 17.4 Å². The van der Waals surface area contributed by atoms with Crippen molar-refractivity contribution in [3.05, 3.63) is 44.6 Å². The van der Waals surface area contributed by atoms with Crippen molar-refractivity contribution < 1.29 is 0 Å². The van der Waals surface area contributed by atoms with Crippen LogP contribution >= 0.6 is 11.3 Å². The van der Waals surface area contributed by atoms with Crippen LogP contribution in [0.5, 0.6) is 0 Å². The van der Waals surface area contributed by atoms with Crippen molar-refractivity contribution in [3.8, 4) is 0 Å². The van der Waals surface area contributed by atoms with Gasteiger partial charge in [-0.3, -0.25) is 14.0 Å². The molecule has 1 atom stereocenters. The van der Waals surface area contributed by atoms with E-state index in [9.17, 15) is 4.79 Å². The van der Waals surface area contributed by atoms with E-state index in [1.165, 1.54) is 16.0 Å². The van der Waals surface area contributed by atoms with Crippen LogP contribution < -0.4 is 10.9 Å². The molecule has 0 bridgehead atoms. The zero-order valence-electron chi connectivity index (χ0n) is 16.3. The van der Waals surface area contributed by atoms with E-state index >= 15 is 0 Å². The highest BCUT2D eigenvalue weighted by atomic mass is 32.1. The first kappa shape index (κ1) is 18.4. The normalized spacial score (nSPS) is 16.8. The van der Waals surface area contributed by atoms with Gasteiger partial charge in [0.25, 0.3) is 5.56 Å². The minimum absolute atomic E-state index is 0.142. The Morgan fingerprint density at radius 3 is 3.00 bits per heavy atom. The Labute approximate surface area is 163 Å². The zero-order valence-corrected chi connectivity index (χ0v) is 17.1. The van der Waals surface area contributed by atoms with Crippen molar-refractivity contribution in [1.82, 2.24) is 24.6 Å². The van der Waals surface area contributed by atoms with E-state index in [1.54, 1.807) is 22.2 Å². The fourth-order valence-electron chi connectivity index (χ4n) is 3.94. The van der Waals surface area contributed by atoms with Gasteiger partial charge in [-0.1, -0.05) is 13.3 Å². The number of fused-ring (bicyclic) bond motifs is 3. The average molecular weight is 386 g/mol. The van der Waals surface area contributed by atoms with Gasteiger partial charge in [0, 0.05) is 42.8 Å². The van der Waals surface area contributed by atoms with Gasteiger partial charge in [0.15, 0.2) is 0 Å². The van der Waals surface area contributed by atoms with Crippen LogP contribution in [0.15, 0.2) is 17.3 Å². The quantitative estimate of drug-likeness (QED) is 0.709. The number of unbranched alkanes of at least 4 members (excludes halogenated alkanes) is 1. The Hall–Kier alpha value is -1.99. The molecule has 144 valence electrons. The van der Waals surface area contributed by atoms with E-state index in [4.69, 9.17) is 0 Å². The molecule has 4 rings (SSSR count). The Balaban J connectivity index is 1.53. The minimum Gasteiger partial charge on any atom is -0.309 e. The van der Waals surface area contributed by atoms with Gasteiger partial charge < -0.3 is 5.32 Å². The standard InChI is InChI=1S/C20H27N5OS/c1-4-5-8-25-12-22-19-18(20(25)26)16-7-6-15(9-17(16)27-19)21-10-14-11-24(3)23-13(14)2/h11-12,15,21H,4-10H2,1-3H3. The lowest BCUT2D eigenvalue weighted by molar-refractivity contribution is 0.462. The molecule has 0 saturated carbocycles. The first-order chi connectivity index (χ1) is 13.1. The predicted molar refractivity (Wildman–Crippen MR) is 109 cm³/mol. The molecule has 0 amide bonds. The lowest BCUT2D eigenvalue weighted by Gasteiger charge is -2.23. The maximum Gasteiger partial charge on any atom is 0.262 e. The third kappa shape index (κ3) is 3.58. The molecule has 0 aromatic carbocycles. The monoisotopic (exact) mass is 385 g/mol. The van der Waals surface area contributed by atoms with E-state index in [2.05, 4.69) is 35.4 Å². The summed E-state index contributed by atoms with van der Waals surface area (Å²) in [4.78, 5) is 19.7. The van der Waals surface area contributed by atoms with Crippen molar-refractivity contribution in [2.45, 2.75) is 65.1 Å². The summed E-state index contributed by atoms with van der Waals surface area (Å²) in [6.07, 6.45) is 8.89.